The van der Waals surface area contributed by atoms with Crippen molar-refractivity contribution in [3.63, 3.8) is 0 Å². The van der Waals surface area contributed by atoms with Gasteiger partial charge in [0.05, 0.1) is 17.3 Å². The van der Waals surface area contributed by atoms with Crippen molar-refractivity contribution in [2.45, 2.75) is 83.7 Å². The number of aromatic amines is 1. The highest BCUT2D eigenvalue weighted by Gasteiger charge is 2.44. The van der Waals surface area contributed by atoms with E-state index in [1.807, 2.05) is 30.1 Å². The fourth-order valence-corrected chi connectivity index (χ4v) is 5.74. The highest BCUT2D eigenvalue weighted by molar-refractivity contribution is 5.92. The molecule has 41 heavy (non-hydrogen) atoms. The van der Waals surface area contributed by atoms with Crippen LogP contribution in [-0.2, 0) is 11.8 Å². The number of H-pyrrole nitrogens is 1. The SMILES string of the molecule is Cc1nn(C(C)C)cc1-c1nc2c(-c3ccc4c(c3)CCCC[C@@H]4NC(=O)c3nc(C4(C)CC4)no3)ccnc2[nH]1. The van der Waals surface area contributed by atoms with E-state index < -0.39 is 0 Å². The molecule has 1 amide bonds. The lowest BCUT2D eigenvalue weighted by Gasteiger charge is -2.19. The van der Waals surface area contributed by atoms with Crippen molar-refractivity contribution in [1.29, 1.82) is 0 Å². The summed E-state index contributed by atoms with van der Waals surface area (Å²) in [4.78, 5) is 30.4. The van der Waals surface area contributed by atoms with Gasteiger partial charge in [-0.2, -0.15) is 10.1 Å². The number of aryl methyl sites for hydroxylation is 2. The zero-order valence-electron chi connectivity index (χ0n) is 23.9. The van der Waals surface area contributed by atoms with E-state index in [9.17, 15) is 4.79 Å². The number of carbonyl (C=O) groups excluding carboxylic acids is 1. The van der Waals surface area contributed by atoms with Crippen molar-refractivity contribution in [2.75, 3.05) is 0 Å². The van der Waals surface area contributed by atoms with Crippen molar-refractivity contribution in [3.05, 3.63) is 65.2 Å². The van der Waals surface area contributed by atoms with Crippen LogP contribution in [0, 0.1) is 6.92 Å². The van der Waals surface area contributed by atoms with Gasteiger partial charge in [0, 0.05) is 29.4 Å². The summed E-state index contributed by atoms with van der Waals surface area (Å²) in [6.45, 7) is 8.32. The maximum atomic E-state index is 13.1. The number of hydrogen-bond acceptors (Lipinski definition) is 7. The molecule has 1 atom stereocenters. The van der Waals surface area contributed by atoms with E-state index in [2.05, 4.69) is 69.5 Å². The van der Waals surface area contributed by atoms with Crippen LogP contribution in [0.4, 0.5) is 0 Å². The second-order valence-electron chi connectivity index (χ2n) is 12.0. The Kier molecular flexibility index (Phi) is 6.02. The summed E-state index contributed by atoms with van der Waals surface area (Å²) in [7, 11) is 0. The van der Waals surface area contributed by atoms with Gasteiger partial charge in [0.1, 0.15) is 11.3 Å². The van der Waals surface area contributed by atoms with Crippen LogP contribution in [0.15, 0.2) is 41.2 Å². The molecule has 10 nitrogen and oxygen atoms in total. The number of nitrogens with one attached hydrogen (secondary N) is 2. The van der Waals surface area contributed by atoms with E-state index in [-0.39, 0.29) is 29.3 Å². The molecule has 5 aromatic rings. The minimum atomic E-state index is -0.314. The molecule has 2 N–H and O–H groups in total. The Bertz CT molecular complexity index is 1770. The molecule has 0 saturated heterocycles. The van der Waals surface area contributed by atoms with Gasteiger partial charge < -0.3 is 14.8 Å². The largest absolute Gasteiger partial charge is 0.341 e. The predicted molar refractivity (Wildman–Crippen MR) is 154 cm³/mol. The Labute approximate surface area is 238 Å². The maximum Gasteiger partial charge on any atom is 0.315 e. The van der Waals surface area contributed by atoms with E-state index in [4.69, 9.17) is 9.51 Å². The fraction of sp³-hybridized carbons (Fsp3) is 0.419. The fourth-order valence-electron chi connectivity index (χ4n) is 5.74. The van der Waals surface area contributed by atoms with Gasteiger partial charge >= 0.3 is 11.8 Å². The van der Waals surface area contributed by atoms with Gasteiger partial charge in [0.15, 0.2) is 11.5 Å². The number of fused-ring (bicyclic) bond motifs is 2. The molecule has 0 radical (unpaired) electrons. The molecule has 0 aliphatic heterocycles. The molecule has 7 rings (SSSR count). The minimum Gasteiger partial charge on any atom is -0.341 e. The van der Waals surface area contributed by atoms with Crippen molar-refractivity contribution in [1.82, 2.24) is 40.2 Å². The quantitative estimate of drug-likeness (QED) is 0.248. The van der Waals surface area contributed by atoms with Crippen molar-refractivity contribution >= 4 is 17.1 Å². The minimum absolute atomic E-state index is 0.0400. The van der Waals surface area contributed by atoms with Crippen LogP contribution in [0.5, 0.6) is 0 Å². The van der Waals surface area contributed by atoms with Crippen LogP contribution in [0.25, 0.3) is 33.7 Å². The number of pyridine rings is 1. The molecule has 10 heteroatoms. The zero-order chi connectivity index (χ0) is 28.3. The first-order chi connectivity index (χ1) is 19.8. The summed E-state index contributed by atoms with van der Waals surface area (Å²) in [5, 5.41) is 11.9. The summed E-state index contributed by atoms with van der Waals surface area (Å²) >= 11 is 0. The van der Waals surface area contributed by atoms with Crippen LogP contribution in [0.1, 0.15) is 98.3 Å². The van der Waals surface area contributed by atoms with E-state index in [0.717, 1.165) is 83.5 Å². The first-order valence-corrected chi connectivity index (χ1v) is 14.5. The van der Waals surface area contributed by atoms with Crippen LogP contribution < -0.4 is 5.32 Å². The lowest BCUT2D eigenvalue weighted by Crippen LogP contribution is -2.29. The van der Waals surface area contributed by atoms with Gasteiger partial charge in [0.2, 0.25) is 0 Å². The zero-order valence-corrected chi connectivity index (χ0v) is 23.9. The second-order valence-corrected chi connectivity index (χ2v) is 12.0. The monoisotopic (exact) mass is 550 g/mol. The highest BCUT2D eigenvalue weighted by Crippen LogP contribution is 2.46. The third-order valence-corrected chi connectivity index (χ3v) is 8.57. The molecule has 0 bridgehead atoms. The standard InChI is InChI=1S/C31H34N8O2/c1-17(2)39-16-23(18(3)37-39)26-34-25-22(11-14-32-27(25)35-26)20-9-10-21-19(15-20)7-5-6-8-24(21)33-28(40)29-36-30(38-41-29)31(4)12-13-31/h9-11,14-17,24H,5-8,12-13H2,1-4H3,(H,33,40)(H,32,34,35)/t24-/m0/s1. The van der Waals surface area contributed by atoms with Crippen LogP contribution in [0.2, 0.25) is 0 Å². The van der Waals surface area contributed by atoms with Gasteiger partial charge in [-0.05, 0) is 75.6 Å². The summed E-state index contributed by atoms with van der Waals surface area (Å²) in [5.74, 6) is 1.12. The third kappa shape index (κ3) is 4.61. The van der Waals surface area contributed by atoms with Gasteiger partial charge in [-0.3, -0.25) is 9.48 Å². The van der Waals surface area contributed by atoms with Gasteiger partial charge in [-0.25, -0.2) is 9.97 Å². The lowest BCUT2D eigenvalue weighted by molar-refractivity contribution is 0.0890. The maximum absolute atomic E-state index is 13.1. The Balaban J connectivity index is 1.19. The molecule has 4 heterocycles. The Hall–Kier alpha value is -4.34. The predicted octanol–water partition coefficient (Wildman–Crippen LogP) is 6.01. The normalized spacial score (nSPS) is 17.9. The number of aromatic nitrogens is 7. The molecule has 0 unspecified atom stereocenters. The van der Waals surface area contributed by atoms with Crippen molar-refractivity contribution < 1.29 is 9.32 Å². The van der Waals surface area contributed by atoms with E-state index in [0.29, 0.717) is 5.82 Å². The van der Waals surface area contributed by atoms with Gasteiger partial charge in [-0.15, -0.1) is 0 Å². The summed E-state index contributed by atoms with van der Waals surface area (Å²) in [6, 6.07) is 8.67. The second kappa shape index (κ2) is 9.64. The Morgan fingerprint density at radius 1 is 1.17 bits per heavy atom. The lowest BCUT2D eigenvalue weighted by atomic mass is 9.94. The summed E-state index contributed by atoms with van der Waals surface area (Å²) < 4.78 is 7.29. The number of carbonyl (C=O) groups is 1. The number of rotatable bonds is 6. The van der Waals surface area contributed by atoms with Crippen LogP contribution >= 0.6 is 0 Å². The molecular weight excluding hydrogens is 516 g/mol. The molecule has 1 saturated carbocycles. The van der Waals surface area contributed by atoms with Crippen molar-refractivity contribution in [3.8, 4) is 22.5 Å². The number of amides is 1. The average Bonchev–Trinajstić information content (AvgIpc) is 3.30. The average molecular weight is 551 g/mol. The molecule has 4 aromatic heterocycles. The number of hydrogen-bond donors (Lipinski definition) is 2. The first kappa shape index (κ1) is 25.6. The molecule has 0 spiro atoms. The van der Waals surface area contributed by atoms with Crippen LogP contribution in [0.3, 0.4) is 0 Å². The van der Waals surface area contributed by atoms with E-state index >= 15 is 0 Å². The topological polar surface area (TPSA) is 127 Å². The third-order valence-electron chi connectivity index (χ3n) is 8.57. The summed E-state index contributed by atoms with van der Waals surface area (Å²) in [6.07, 6.45) is 9.80. The Morgan fingerprint density at radius 2 is 2.02 bits per heavy atom. The first-order valence-electron chi connectivity index (χ1n) is 14.5. The molecule has 210 valence electrons. The molecule has 2 aliphatic carbocycles. The molecule has 2 aliphatic rings. The van der Waals surface area contributed by atoms with Crippen molar-refractivity contribution in [2.24, 2.45) is 0 Å². The number of imidazole rings is 1. The molecule has 1 fully saturated rings. The smallest absolute Gasteiger partial charge is 0.315 e. The highest BCUT2D eigenvalue weighted by atomic mass is 16.5. The Morgan fingerprint density at radius 3 is 2.80 bits per heavy atom. The number of benzene rings is 1. The molecular formula is C31H34N8O2. The van der Waals surface area contributed by atoms with Gasteiger partial charge in [0.25, 0.3) is 0 Å². The number of nitrogens with zero attached hydrogens (tertiary/aromatic N) is 6. The van der Waals surface area contributed by atoms with Gasteiger partial charge in [-0.1, -0.05) is 36.7 Å². The summed E-state index contributed by atoms with van der Waals surface area (Å²) in [5.41, 5.74) is 7.90. The molecule has 1 aromatic carbocycles. The van der Waals surface area contributed by atoms with E-state index in [1.165, 1.54) is 5.56 Å². The van der Waals surface area contributed by atoms with E-state index in [1.54, 1.807) is 0 Å². The van der Waals surface area contributed by atoms with Crippen LogP contribution in [-0.4, -0.2) is 40.8 Å².